The molecule has 2 aliphatic rings. The van der Waals surface area contributed by atoms with Gasteiger partial charge >= 0.3 is 0 Å². The van der Waals surface area contributed by atoms with Crippen LogP contribution in [0.25, 0.3) is 6.08 Å². The summed E-state index contributed by atoms with van der Waals surface area (Å²) in [5, 5.41) is 3.06. The number of hydrogen-bond acceptors (Lipinski definition) is 3. The Morgan fingerprint density at radius 1 is 1.39 bits per heavy atom. The van der Waals surface area contributed by atoms with E-state index in [0.717, 1.165) is 36.3 Å². The fraction of sp³-hybridized carbons (Fsp3) is 0.526. The van der Waals surface area contributed by atoms with Crippen molar-refractivity contribution in [2.24, 2.45) is 0 Å². The summed E-state index contributed by atoms with van der Waals surface area (Å²) >= 11 is 0. The lowest BCUT2D eigenvalue weighted by atomic mass is 10.1. The Morgan fingerprint density at radius 2 is 2.17 bits per heavy atom. The molecule has 4 heteroatoms. The van der Waals surface area contributed by atoms with Crippen LogP contribution in [-0.2, 0) is 11.2 Å². The fourth-order valence-electron chi connectivity index (χ4n) is 3.35. The molecule has 1 aromatic carbocycles. The molecule has 1 aliphatic carbocycles. The molecule has 1 aliphatic heterocycles. The number of carbonyl (C=O) groups excluding carboxylic acids is 1. The van der Waals surface area contributed by atoms with E-state index in [0.29, 0.717) is 12.6 Å². The summed E-state index contributed by atoms with van der Waals surface area (Å²) in [4.78, 5) is 12.1. The summed E-state index contributed by atoms with van der Waals surface area (Å²) in [5.74, 6) is 1.68. The van der Waals surface area contributed by atoms with Gasteiger partial charge in [-0.05, 0) is 44.9 Å². The van der Waals surface area contributed by atoms with Gasteiger partial charge in [-0.15, -0.1) is 0 Å². The van der Waals surface area contributed by atoms with Gasteiger partial charge in [0.2, 0.25) is 5.91 Å². The van der Waals surface area contributed by atoms with Crippen LogP contribution >= 0.6 is 0 Å². The van der Waals surface area contributed by atoms with E-state index in [2.05, 4.69) is 12.2 Å². The Balaban J connectivity index is 1.74. The summed E-state index contributed by atoms with van der Waals surface area (Å²) in [5.41, 5.74) is 2.06. The lowest BCUT2D eigenvalue weighted by molar-refractivity contribution is -0.117. The number of benzene rings is 1. The second-order valence-corrected chi connectivity index (χ2v) is 6.39. The van der Waals surface area contributed by atoms with Gasteiger partial charge in [0.1, 0.15) is 17.6 Å². The van der Waals surface area contributed by atoms with Crippen LogP contribution in [0.1, 0.15) is 50.7 Å². The average molecular weight is 315 g/mol. The van der Waals surface area contributed by atoms with Crippen molar-refractivity contribution < 1.29 is 14.3 Å². The minimum absolute atomic E-state index is 0.0332. The molecule has 124 valence electrons. The molecular formula is C19H25NO3. The highest BCUT2D eigenvalue weighted by Crippen LogP contribution is 2.35. The topological polar surface area (TPSA) is 47.6 Å². The molecule has 1 aromatic rings. The molecule has 1 heterocycles. The largest absolute Gasteiger partial charge is 0.493 e. The second-order valence-electron chi connectivity index (χ2n) is 6.39. The molecule has 0 aromatic heterocycles. The minimum atomic E-state index is -0.0332. The van der Waals surface area contributed by atoms with Gasteiger partial charge in [-0.2, -0.15) is 0 Å². The van der Waals surface area contributed by atoms with E-state index in [1.807, 2.05) is 25.1 Å². The molecular weight excluding hydrogens is 290 g/mol. The lowest BCUT2D eigenvalue weighted by Gasteiger charge is -2.11. The predicted octanol–water partition coefficient (Wildman–Crippen LogP) is 3.48. The Labute approximate surface area is 137 Å². The zero-order chi connectivity index (χ0) is 16.2. The Morgan fingerprint density at radius 3 is 2.91 bits per heavy atom. The van der Waals surface area contributed by atoms with Gasteiger partial charge in [0, 0.05) is 29.7 Å². The van der Waals surface area contributed by atoms with Crippen molar-refractivity contribution in [3.63, 3.8) is 0 Å². The maximum Gasteiger partial charge on any atom is 0.244 e. The van der Waals surface area contributed by atoms with Gasteiger partial charge in [-0.25, -0.2) is 0 Å². The first-order valence-corrected chi connectivity index (χ1v) is 8.60. The zero-order valence-electron chi connectivity index (χ0n) is 13.9. The first kappa shape index (κ1) is 15.9. The van der Waals surface area contributed by atoms with E-state index in [1.54, 1.807) is 6.08 Å². The number of amides is 1. The highest BCUT2D eigenvalue weighted by atomic mass is 16.5. The number of hydrogen-bond donors (Lipinski definition) is 1. The third-order valence-corrected chi connectivity index (χ3v) is 4.44. The number of carbonyl (C=O) groups is 1. The highest BCUT2D eigenvalue weighted by molar-refractivity contribution is 5.92. The zero-order valence-corrected chi connectivity index (χ0v) is 13.9. The third kappa shape index (κ3) is 3.87. The number of fused-ring (bicyclic) bond motifs is 1. The average Bonchev–Trinajstić information content (AvgIpc) is 3.13. The molecule has 1 N–H and O–H groups in total. The predicted molar refractivity (Wildman–Crippen MR) is 90.8 cm³/mol. The monoisotopic (exact) mass is 315 g/mol. The summed E-state index contributed by atoms with van der Waals surface area (Å²) in [6.45, 7) is 4.63. The quantitative estimate of drug-likeness (QED) is 0.846. The standard InChI is InChI=1S/C19H25NO3/c1-3-22-17-12-15-10-13(2)23-18(15)11-14(17)8-9-19(21)20-16-6-4-5-7-16/h8-9,11-13,16H,3-7,10H2,1-2H3,(H,20,21)/b9-8+. The van der Waals surface area contributed by atoms with E-state index in [4.69, 9.17) is 9.47 Å². The normalized spacial score (nSPS) is 20.5. The molecule has 1 atom stereocenters. The second kappa shape index (κ2) is 7.07. The van der Waals surface area contributed by atoms with Crippen LogP contribution in [0.15, 0.2) is 18.2 Å². The van der Waals surface area contributed by atoms with Gasteiger partial charge in [-0.1, -0.05) is 12.8 Å². The van der Waals surface area contributed by atoms with Crippen LogP contribution in [-0.4, -0.2) is 24.7 Å². The van der Waals surface area contributed by atoms with Crippen LogP contribution in [0, 0.1) is 0 Å². The lowest BCUT2D eigenvalue weighted by Crippen LogP contribution is -2.30. The van der Waals surface area contributed by atoms with Crippen molar-refractivity contribution >= 4 is 12.0 Å². The van der Waals surface area contributed by atoms with Crippen molar-refractivity contribution in [1.29, 1.82) is 0 Å². The van der Waals surface area contributed by atoms with E-state index in [1.165, 1.54) is 18.4 Å². The fourth-order valence-corrected chi connectivity index (χ4v) is 3.35. The maximum absolute atomic E-state index is 12.1. The number of rotatable bonds is 5. The summed E-state index contributed by atoms with van der Waals surface area (Å²) in [6.07, 6.45) is 9.13. The van der Waals surface area contributed by atoms with E-state index in [9.17, 15) is 4.79 Å². The van der Waals surface area contributed by atoms with Gasteiger partial charge in [0.25, 0.3) is 0 Å². The van der Waals surface area contributed by atoms with Crippen LogP contribution in [0.3, 0.4) is 0 Å². The molecule has 0 bridgehead atoms. The molecule has 1 unspecified atom stereocenters. The van der Waals surface area contributed by atoms with Gasteiger partial charge in [0.15, 0.2) is 0 Å². The molecule has 0 saturated heterocycles. The number of ether oxygens (including phenoxy) is 2. The van der Waals surface area contributed by atoms with Gasteiger partial charge in [-0.3, -0.25) is 4.79 Å². The van der Waals surface area contributed by atoms with Crippen molar-refractivity contribution in [2.45, 2.75) is 58.1 Å². The third-order valence-electron chi connectivity index (χ3n) is 4.44. The van der Waals surface area contributed by atoms with Crippen molar-refractivity contribution in [1.82, 2.24) is 5.32 Å². The highest BCUT2D eigenvalue weighted by Gasteiger charge is 2.21. The van der Waals surface area contributed by atoms with Gasteiger partial charge in [0.05, 0.1) is 6.61 Å². The Kier molecular flexibility index (Phi) is 4.89. The summed E-state index contributed by atoms with van der Waals surface area (Å²) in [7, 11) is 0. The first-order chi connectivity index (χ1) is 11.2. The molecule has 1 amide bonds. The molecule has 3 rings (SSSR count). The molecule has 0 radical (unpaired) electrons. The Hall–Kier alpha value is -1.97. The summed E-state index contributed by atoms with van der Waals surface area (Å²) < 4.78 is 11.5. The van der Waals surface area contributed by atoms with Gasteiger partial charge < -0.3 is 14.8 Å². The molecule has 0 spiro atoms. The first-order valence-electron chi connectivity index (χ1n) is 8.60. The summed E-state index contributed by atoms with van der Waals surface area (Å²) in [6, 6.07) is 4.35. The van der Waals surface area contributed by atoms with Crippen LogP contribution < -0.4 is 14.8 Å². The molecule has 1 fully saturated rings. The van der Waals surface area contributed by atoms with E-state index >= 15 is 0 Å². The van der Waals surface area contributed by atoms with Crippen molar-refractivity contribution in [3.05, 3.63) is 29.3 Å². The van der Waals surface area contributed by atoms with E-state index < -0.39 is 0 Å². The maximum atomic E-state index is 12.1. The Bertz CT molecular complexity index is 603. The van der Waals surface area contributed by atoms with Crippen LogP contribution in [0.2, 0.25) is 0 Å². The molecule has 23 heavy (non-hydrogen) atoms. The molecule has 1 saturated carbocycles. The smallest absolute Gasteiger partial charge is 0.244 e. The minimum Gasteiger partial charge on any atom is -0.493 e. The van der Waals surface area contributed by atoms with Crippen LogP contribution in [0.4, 0.5) is 0 Å². The van der Waals surface area contributed by atoms with E-state index in [-0.39, 0.29) is 12.0 Å². The SMILES string of the molecule is CCOc1cc2c(cc1/C=C/C(=O)NC1CCCC1)OC(C)C2. The van der Waals surface area contributed by atoms with Crippen molar-refractivity contribution in [2.75, 3.05) is 6.61 Å². The molecule has 4 nitrogen and oxygen atoms in total. The number of nitrogens with one attached hydrogen (secondary N) is 1. The van der Waals surface area contributed by atoms with Crippen molar-refractivity contribution in [3.8, 4) is 11.5 Å². The van der Waals surface area contributed by atoms with Crippen LogP contribution in [0.5, 0.6) is 11.5 Å².